The molecule has 104 valence electrons. The summed E-state index contributed by atoms with van der Waals surface area (Å²) in [7, 11) is 0. The molecule has 1 heterocycles. The highest BCUT2D eigenvalue weighted by Gasteiger charge is 2.40. The fourth-order valence-electron chi connectivity index (χ4n) is 2.32. The van der Waals surface area contributed by atoms with E-state index in [9.17, 15) is 9.59 Å². The van der Waals surface area contributed by atoms with Gasteiger partial charge < -0.3 is 9.72 Å². The lowest BCUT2D eigenvalue weighted by atomic mass is 10.1. The lowest BCUT2D eigenvalue weighted by Gasteiger charge is -2.06. The number of aryl methyl sites for hydroxylation is 1. The van der Waals surface area contributed by atoms with Crippen LogP contribution < -0.4 is 5.56 Å². The number of hydrogen-bond donors (Lipinski definition) is 1. The van der Waals surface area contributed by atoms with Crippen LogP contribution in [0.3, 0.4) is 0 Å². The fourth-order valence-corrected chi connectivity index (χ4v) is 2.32. The Labute approximate surface area is 116 Å². The molecule has 2 atom stereocenters. The molecule has 0 radical (unpaired) electrons. The normalized spacial score (nSPS) is 20.9. The van der Waals surface area contributed by atoms with Crippen molar-refractivity contribution in [3.8, 4) is 0 Å². The summed E-state index contributed by atoms with van der Waals surface area (Å²) in [6.45, 7) is 3.93. The van der Waals surface area contributed by atoms with E-state index < -0.39 is 0 Å². The minimum Gasteiger partial charge on any atom is -0.457 e. The van der Waals surface area contributed by atoms with Crippen LogP contribution in [0.25, 0.3) is 10.9 Å². The molecule has 0 aliphatic heterocycles. The SMILES string of the molecule is Cc1cccc2c(=O)[nH]c(COC(=O)[C@@H]3C[C@H]3C)nc12. The number of aromatic amines is 1. The third kappa shape index (κ3) is 2.31. The number of carbonyl (C=O) groups excluding carboxylic acids is 1. The minimum absolute atomic E-state index is 0.0154. The summed E-state index contributed by atoms with van der Waals surface area (Å²) in [4.78, 5) is 30.7. The van der Waals surface area contributed by atoms with Crippen LogP contribution in [0.1, 0.15) is 24.7 Å². The third-order valence-corrected chi connectivity index (χ3v) is 3.75. The van der Waals surface area contributed by atoms with E-state index in [-0.39, 0.29) is 24.1 Å². The number of nitrogens with one attached hydrogen (secondary N) is 1. The summed E-state index contributed by atoms with van der Waals surface area (Å²) in [6.07, 6.45) is 0.889. The number of nitrogens with zero attached hydrogens (tertiary/aromatic N) is 1. The number of fused-ring (bicyclic) bond motifs is 1. The van der Waals surface area contributed by atoms with E-state index in [4.69, 9.17) is 4.74 Å². The van der Waals surface area contributed by atoms with Crippen molar-refractivity contribution in [2.75, 3.05) is 0 Å². The van der Waals surface area contributed by atoms with Crippen LogP contribution in [0.15, 0.2) is 23.0 Å². The molecule has 1 N–H and O–H groups in total. The largest absolute Gasteiger partial charge is 0.457 e. The molecule has 2 aromatic rings. The number of esters is 1. The molecule has 20 heavy (non-hydrogen) atoms. The molecule has 1 aromatic heterocycles. The quantitative estimate of drug-likeness (QED) is 0.867. The maximum atomic E-state index is 12.0. The zero-order chi connectivity index (χ0) is 14.3. The van der Waals surface area contributed by atoms with E-state index in [1.54, 1.807) is 6.07 Å². The first kappa shape index (κ1) is 12.8. The smallest absolute Gasteiger partial charge is 0.309 e. The molecule has 1 fully saturated rings. The monoisotopic (exact) mass is 272 g/mol. The van der Waals surface area contributed by atoms with Crippen molar-refractivity contribution < 1.29 is 9.53 Å². The second-order valence-corrected chi connectivity index (χ2v) is 5.41. The van der Waals surface area contributed by atoms with Gasteiger partial charge in [-0.15, -0.1) is 0 Å². The van der Waals surface area contributed by atoms with Crippen LogP contribution in [0, 0.1) is 18.8 Å². The van der Waals surface area contributed by atoms with Crippen LogP contribution >= 0.6 is 0 Å². The molecule has 0 saturated heterocycles. The summed E-state index contributed by atoms with van der Waals surface area (Å²) in [6, 6.07) is 5.45. The molecule has 1 aliphatic rings. The zero-order valence-corrected chi connectivity index (χ0v) is 11.5. The predicted octanol–water partition coefficient (Wildman–Crippen LogP) is 1.93. The average Bonchev–Trinajstić information content (AvgIpc) is 3.14. The van der Waals surface area contributed by atoms with Gasteiger partial charge in [0.1, 0.15) is 12.4 Å². The van der Waals surface area contributed by atoms with Crippen molar-refractivity contribution in [3.63, 3.8) is 0 Å². The first-order valence-electron chi connectivity index (χ1n) is 6.71. The number of para-hydroxylation sites is 1. The Kier molecular flexibility index (Phi) is 3.04. The Morgan fingerprint density at radius 2 is 2.25 bits per heavy atom. The van der Waals surface area contributed by atoms with E-state index >= 15 is 0 Å². The Hall–Kier alpha value is -2.17. The number of aromatic nitrogens is 2. The van der Waals surface area contributed by atoms with Gasteiger partial charge in [-0.2, -0.15) is 0 Å². The van der Waals surface area contributed by atoms with Gasteiger partial charge in [-0.25, -0.2) is 4.98 Å². The molecule has 1 saturated carbocycles. The van der Waals surface area contributed by atoms with Crippen molar-refractivity contribution in [2.45, 2.75) is 26.9 Å². The van der Waals surface area contributed by atoms with E-state index in [2.05, 4.69) is 9.97 Å². The van der Waals surface area contributed by atoms with Crippen molar-refractivity contribution >= 4 is 16.9 Å². The molecule has 5 nitrogen and oxygen atoms in total. The molecule has 0 spiro atoms. The highest BCUT2D eigenvalue weighted by molar-refractivity contribution is 5.80. The van der Waals surface area contributed by atoms with Crippen molar-refractivity contribution in [1.29, 1.82) is 0 Å². The van der Waals surface area contributed by atoms with Gasteiger partial charge in [0.05, 0.1) is 16.8 Å². The Morgan fingerprint density at radius 1 is 1.50 bits per heavy atom. The zero-order valence-electron chi connectivity index (χ0n) is 11.5. The third-order valence-electron chi connectivity index (χ3n) is 3.75. The molecular formula is C15H16N2O3. The molecule has 0 amide bonds. The molecule has 1 aromatic carbocycles. The first-order chi connectivity index (χ1) is 9.56. The molecule has 1 aliphatic carbocycles. The summed E-state index contributed by atoms with van der Waals surface area (Å²) in [5.41, 5.74) is 1.38. The van der Waals surface area contributed by atoms with Crippen molar-refractivity contribution in [1.82, 2.24) is 9.97 Å². The summed E-state index contributed by atoms with van der Waals surface area (Å²) in [5, 5.41) is 0.552. The van der Waals surface area contributed by atoms with Crippen LogP contribution in [-0.4, -0.2) is 15.9 Å². The lowest BCUT2D eigenvalue weighted by molar-refractivity contribution is -0.147. The van der Waals surface area contributed by atoms with E-state index in [0.717, 1.165) is 12.0 Å². The summed E-state index contributed by atoms with van der Waals surface area (Å²) >= 11 is 0. The second kappa shape index (κ2) is 4.74. The molecule has 0 unspecified atom stereocenters. The van der Waals surface area contributed by atoms with Gasteiger partial charge in [0.15, 0.2) is 0 Å². The van der Waals surface area contributed by atoms with Gasteiger partial charge in [-0.05, 0) is 30.9 Å². The Morgan fingerprint density at radius 3 is 2.95 bits per heavy atom. The highest BCUT2D eigenvalue weighted by atomic mass is 16.5. The van der Waals surface area contributed by atoms with Crippen molar-refractivity contribution in [3.05, 3.63) is 39.9 Å². The number of rotatable bonds is 3. The molecule has 3 rings (SSSR count). The Balaban J connectivity index is 1.83. The van der Waals surface area contributed by atoms with E-state index in [1.807, 2.05) is 26.0 Å². The Bertz CT molecular complexity index is 735. The van der Waals surface area contributed by atoms with Gasteiger partial charge in [0, 0.05) is 0 Å². The van der Waals surface area contributed by atoms with Crippen LogP contribution in [0.5, 0.6) is 0 Å². The number of H-pyrrole nitrogens is 1. The predicted molar refractivity (Wildman–Crippen MR) is 74.2 cm³/mol. The number of hydrogen-bond acceptors (Lipinski definition) is 4. The van der Waals surface area contributed by atoms with Crippen molar-refractivity contribution in [2.24, 2.45) is 11.8 Å². The number of ether oxygens (including phenoxy) is 1. The first-order valence-corrected chi connectivity index (χ1v) is 6.71. The fraction of sp³-hybridized carbons (Fsp3) is 0.400. The van der Waals surface area contributed by atoms with Gasteiger partial charge in [0.2, 0.25) is 0 Å². The number of benzene rings is 1. The lowest BCUT2D eigenvalue weighted by Crippen LogP contribution is -2.15. The molecular weight excluding hydrogens is 256 g/mol. The van der Waals surface area contributed by atoms with Crippen LogP contribution in [-0.2, 0) is 16.1 Å². The van der Waals surface area contributed by atoms with Gasteiger partial charge >= 0.3 is 5.97 Å². The maximum Gasteiger partial charge on any atom is 0.309 e. The van der Waals surface area contributed by atoms with Gasteiger partial charge in [-0.1, -0.05) is 19.1 Å². The molecule has 0 bridgehead atoms. The minimum atomic E-state index is -0.204. The van der Waals surface area contributed by atoms with Crippen LogP contribution in [0.2, 0.25) is 0 Å². The average molecular weight is 272 g/mol. The van der Waals surface area contributed by atoms with Crippen LogP contribution in [0.4, 0.5) is 0 Å². The maximum absolute atomic E-state index is 12.0. The van der Waals surface area contributed by atoms with Gasteiger partial charge in [-0.3, -0.25) is 9.59 Å². The standard InChI is InChI=1S/C15H16N2O3/c1-8-4-3-5-10-13(8)16-12(17-14(10)18)7-20-15(19)11-6-9(11)2/h3-5,9,11H,6-7H2,1-2H3,(H,16,17,18)/t9-,11-/m1/s1. The highest BCUT2D eigenvalue weighted by Crippen LogP contribution is 2.38. The number of carbonyl (C=O) groups is 1. The van der Waals surface area contributed by atoms with E-state index in [1.165, 1.54) is 0 Å². The summed E-state index contributed by atoms with van der Waals surface area (Å²) in [5.74, 6) is 0.612. The van der Waals surface area contributed by atoms with E-state index in [0.29, 0.717) is 22.6 Å². The second-order valence-electron chi connectivity index (χ2n) is 5.41. The summed E-state index contributed by atoms with van der Waals surface area (Å²) < 4.78 is 5.19. The van der Waals surface area contributed by atoms with Gasteiger partial charge in [0.25, 0.3) is 5.56 Å². The molecule has 5 heteroatoms. The topological polar surface area (TPSA) is 72.1 Å².